The van der Waals surface area contributed by atoms with Crippen molar-refractivity contribution in [2.75, 3.05) is 46.2 Å². The molecule has 2 aliphatic rings. The number of morpholine rings is 1. The Kier molecular flexibility index (Phi) is 9.93. The zero-order valence-corrected chi connectivity index (χ0v) is 19.6. The summed E-state index contributed by atoms with van der Waals surface area (Å²) < 4.78 is 16.0. The van der Waals surface area contributed by atoms with E-state index in [2.05, 4.69) is 4.99 Å². The molecule has 9 nitrogen and oxygen atoms in total. The third-order valence-corrected chi connectivity index (χ3v) is 5.75. The quantitative estimate of drug-likeness (QED) is 0.377. The highest BCUT2D eigenvalue weighted by Gasteiger charge is 2.24. The number of hydrogen-bond donors (Lipinski definition) is 2. The van der Waals surface area contributed by atoms with Crippen molar-refractivity contribution in [2.45, 2.75) is 25.7 Å². The molecule has 1 amide bonds. The molecule has 0 radical (unpaired) electrons. The number of aromatic hydroxyl groups is 2. The van der Waals surface area contributed by atoms with Crippen LogP contribution >= 0.6 is 11.6 Å². The lowest BCUT2D eigenvalue weighted by atomic mass is 9.99. The number of phenolic OH excluding ortho intramolecular Hbond substituents is 2. The molecule has 2 heterocycles. The molecule has 1 fully saturated rings. The number of nitrogens with zero attached hydrogens (tertiary/aromatic N) is 2. The molecule has 2 N–H and O–H groups in total. The van der Waals surface area contributed by atoms with Crippen molar-refractivity contribution in [1.29, 1.82) is 0 Å². The molecule has 3 rings (SSSR count). The fourth-order valence-corrected chi connectivity index (χ4v) is 3.75. The average Bonchev–Trinajstić information content (AvgIpc) is 2.83. The Hall–Kier alpha value is -2.88. The molecule has 184 valence electrons. The Labute approximate surface area is 203 Å². The van der Waals surface area contributed by atoms with Crippen molar-refractivity contribution < 1.29 is 34.0 Å². The number of esters is 1. The van der Waals surface area contributed by atoms with Gasteiger partial charge in [-0.15, -0.1) is 0 Å². The van der Waals surface area contributed by atoms with Crippen molar-refractivity contribution in [1.82, 2.24) is 4.90 Å². The molecular weight excluding hydrogens is 464 g/mol. The number of phenols is 2. The van der Waals surface area contributed by atoms with Crippen LogP contribution in [0.1, 0.15) is 35.2 Å². The summed E-state index contributed by atoms with van der Waals surface area (Å²) in [6, 6.07) is 1.01. The lowest BCUT2D eigenvalue weighted by Gasteiger charge is -2.26. The Bertz CT molecular complexity index is 969. The highest BCUT2D eigenvalue weighted by atomic mass is 35.5. The Morgan fingerprint density at radius 3 is 2.62 bits per heavy atom. The molecule has 34 heavy (non-hydrogen) atoms. The van der Waals surface area contributed by atoms with Gasteiger partial charge in [-0.3, -0.25) is 9.79 Å². The maximum absolute atomic E-state index is 12.7. The van der Waals surface area contributed by atoms with E-state index in [1.165, 1.54) is 0 Å². The second-order valence-corrected chi connectivity index (χ2v) is 8.13. The molecule has 10 heteroatoms. The van der Waals surface area contributed by atoms with Gasteiger partial charge in [-0.05, 0) is 30.9 Å². The lowest BCUT2D eigenvalue weighted by Crippen LogP contribution is -2.42. The van der Waals surface area contributed by atoms with Crippen LogP contribution in [0.3, 0.4) is 0 Å². The SMILES string of the molecule is O=C1OCC/C=C/CC/C=C/C(=NCOCC(=O)N2CCOCC2)Cc2c(Cl)c(O)cc(O)c21. The van der Waals surface area contributed by atoms with E-state index in [-0.39, 0.29) is 54.2 Å². The first-order valence-corrected chi connectivity index (χ1v) is 11.5. The summed E-state index contributed by atoms with van der Waals surface area (Å²) in [6.07, 6.45) is 9.79. The number of ether oxygens (including phenoxy) is 3. The molecule has 2 aliphatic heterocycles. The van der Waals surface area contributed by atoms with Crippen LogP contribution in [0.15, 0.2) is 35.4 Å². The van der Waals surface area contributed by atoms with Crippen molar-refractivity contribution in [2.24, 2.45) is 4.99 Å². The smallest absolute Gasteiger partial charge is 0.342 e. The first-order chi connectivity index (χ1) is 16.5. The standard InChI is InChI=1S/C24H29ClN2O7/c25-23-18-13-17(26-16-33-15-21(30)27-8-11-32-12-9-27)7-5-3-1-2-4-6-10-34-24(31)22(18)19(28)14-20(23)29/h2,4-5,7,14,28-29H,1,3,6,8-13,15-16H2/b4-2+,7-5+,26-17?. The normalized spacial score (nSPS) is 20.8. The Balaban J connectivity index is 1.79. The number of carbonyl (C=O) groups is 2. The molecule has 0 aliphatic carbocycles. The zero-order valence-electron chi connectivity index (χ0n) is 18.9. The van der Waals surface area contributed by atoms with Crippen LogP contribution in [0.2, 0.25) is 5.02 Å². The van der Waals surface area contributed by atoms with Gasteiger partial charge in [-0.25, -0.2) is 4.79 Å². The van der Waals surface area contributed by atoms with Crippen molar-refractivity contribution >= 4 is 29.2 Å². The third kappa shape index (κ3) is 7.31. The van der Waals surface area contributed by atoms with Crippen LogP contribution in [-0.4, -0.2) is 78.9 Å². The first-order valence-electron chi connectivity index (χ1n) is 11.2. The summed E-state index contributed by atoms with van der Waals surface area (Å²) >= 11 is 6.30. The van der Waals surface area contributed by atoms with Gasteiger partial charge >= 0.3 is 5.97 Å². The van der Waals surface area contributed by atoms with Gasteiger partial charge in [-0.2, -0.15) is 0 Å². The number of carbonyl (C=O) groups excluding carboxylic acids is 2. The molecule has 1 aromatic carbocycles. The molecule has 1 saturated heterocycles. The molecule has 0 unspecified atom stereocenters. The zero-order chi connectivity index (χ0) is 24.3. The van der Waals surface area contributed by atoms with E-state index in [0.29, 0.717) is 38.4 Å². The fraction of sp³-hybridized carbons (Fsp3) is 0.458. The van der Waals surface area contributed by atoms with Crippen molar-refractivity contribution in [3.8, 4) is 11.5 Å². The van der Waals surface area contributed by atoms with E-state index >= 15 is 0 Å². The minimum Gasteiger partial charge on any atom is -0.507 e. The van der Waals surface area contributed by atoms with Gasteiger partial charge in [0.25, 0.3) is 0 Å². The maximum Gasteiger partial charge on any atom is 0.342 e. The van der Waals surface area contributed by atoms with Crippen molar-refractivity contribution in [3.05, 3.63) is 46.5 Å². The number of aliphatic imine (C=N–C) groups is 1. The van der Waals surface area contributed by atoms with Gasteiger partial charge in [0.2, 0.25) is 5.91 Å². The molecule has 0 spiro atoms. The van der Waals surface area contributed by atoms with E-state index in [1.807, 2.05) is 18.2 Å². The molecule has 0 aromatic heterocycles. The van der Waals surface area contributed by atoms with Gasteiger partial charge in [0, 0.05) is 31.3 Å². The minimum absolute atomic E-state index is 0.0400. The van der Waals surface area contributed by atoms with Gasteiger partial charge in [0.15, 0.2) is 0 Å². The number of hydrogen-bond acceptors (Lipinski definition) is 8. The summed E-state index contributed by atoms with van der Waals surface area (Å²) in [4.78, 5) is 31.0. The summed E-state index contributed by atoms with van der Waals surface area (Å²) in [5.41, 5.74) is 0.582. The molecule has 0 bridgehead atoms. The van der Waals surface area contributed by atoms with E-state index in [0.717, 1.165) is 18.9 Å². The number of fused-ring (bicyclic) bond motifs is 1. The summed E-state index contributed by atoms with van der Waals surface area (Å²) in [6.45, 7) is 2.04. The van der Waals surface area contributed by atoms with Crippen LogP contribution in [0.5, 0.6) is 11.5 Å². The van der Waals surface area contributed by atoms with Crippen LogP contribution < -0.4 is 0 Å². The number of allylic oxidation sites excluding steroid dienone is 3. The summed E-state index contributed by atoms with van der Waals surface area (Å²) in [7, 11) is 0. The van der Waals surface area contributed by atoms with Gasteiger partial charge < -0.3 is 29.3 Å². The monoisotopic (exact) mass is 492 g/mol. The predicted octanol–water partition coefficient (Wildman–Crippen LogP) is 3.02. The number of amides is 1. The first kappa shape index (κ1) is 25.7. The van der Waals surface area contributed by atoms with Gasteiger partial charge in [0.05, 0.1) is 24.8 Å². The maximum atomic E-state index is 12.7. The summed E-state index contributed by atoms with van der Waals surface area (Å²) in [5, 5.41) is 20.4. The Morgan fingerprint density at radius 2 is 1.82 bits per heavy atom. The molecular formula is C24H29ClN2O7. The number of benzene rings is 1. The summed E-state index contributed by atoms with van der Waals surface area (Å²) in [5.74, 6) is -1.66. The van der Waals surface area contributed by atoms with Crippen LogP contribution in [0.4, 0.5) is 0 Å². The fourth-order valence-electron chi connectivity index (χ4n) is 3.53. The van der Waals surface area contributed by atoms with Gasteiger partial charge in [-0.1, -0.05) is 29.8 Å². The van der Waals surface area contributed by atoms with E-state index in [1.54, 1.807) is 11.0 Å². The van der Waals surface area contributed by atoms with Crippen LogP contribution in [0.25, 0.3) is 0 Å². The molecule has 0 saturated carbocycles. The minimum atomic E-state index is -0.740. The second-order valence-electron chi connectivity index (χ2n) is 7.76. The predicted molar refractivity (Wildman–Crippen MR) is 127 cm³/mol. The Morgan fingerprint density at radius 1 is 1.09 bits per heavy atom. The van der Waals surface area contributed by atoms with Gasteiger partial charge in [0.1, 0.15) is 30.4 Å². The third-order valence-electron chi connectivity index (χ3n) is 5.33. The highest BCUT2D eigenvalue weighted by molar-refractivity contribution is 6.33. The van der Waals surface area contributed by atoms with E-state index < -0.39 is 11.7 Å². The van der Waals surface area contributed by atoms with E-state index in [4.69, 9.17) is 25.8 Å². The van der Waals surface area contributed by atoms with Crippen LogP contribution in [0, 0.1) is 0 Å². The van der Waals surface area contributed by atoms with Crippen molar-refractivity contribution in [3.63, 3.8) is 0 Å². The topological polar surface area (TPSA) is 118 Å². The molecule has 0 atom stereocenters. The van der Waals surface area contributed by atoms with Crippen LogP contribution in [-0.2, 0) is 25.4 Å². The number of cyclic esters (lactones) is 1. The number of halogens is 1. The average molecular weight is 493 g/mol. The molecule has 1 aromatic rings. The number of rotatable bonds is 4. The van der Waals surface area contributed by atoms with E-state index in [9.17, 15) is 19.8 Å². The second kappa shape index (κ2) is 13.1. The highest BCUT2D eigenvalue weighted by Crippen LogP contribution is 2.37. The largest absolute Gasteiger partial charge is 0.507 e. The lowest BCUT2D eigenvalue weighted by molar-refractivity contribution is -0.140.